The molecule has 56 valence electrons. The fourth-order valence-corrected chi connectivity index (χ4v) is 1.17. The summed E-state index contributed by atoms with van der Waals surface area (Å²) in [4.78, 5) is 3.35. The van der Waals surface area contributed by atoms with Crippen LogP contribution in [0.5, 0.6) is 0 Å². The van der Waals surface area contributed by atoms with E-state index in [0.717, 1.165) is 10.2 Å². The summed E-state index contributed by atoms with van der Waals surface area (Å²) < 4.78 is 0.981. The zero-order chi connectivity index (χ0) is 8.27. The first-order valence-corrected chi connectivity index (χ1v) is 3.92. The third kappa shape index (κ3) is 1.72. The van der Waals surface area contributed by atoms with Crippen molar-refractivity contribution in [3.05, 3.63) is 34.1 Å². The minimum Gasteiger partial charge on any atom is -0.397 e. The molecule has 11 heavy (non-hydrogen) atoms. The fourth-order valence-electron chi connectivity index (χ4n) is 0.806. The van der Waals surface area contributed by atoms with E-state index in [0.29, 0.717) is 5.69 Å². The Hall–Kier alpha value is -1.01. The number of benzene rings is 1. The normalized spacial score (nSPS) is 8.82. The summed E-state index contributed by atoms with van der Waals surface area (Å²) in [6, 6.07) is 5.52. The third-order valence-electron chi connectivity index (χ3n) is 1.35. The van der Waals surface area contributed by atoms with E-state index in [4.69, 9.17) is 6.57 Å². The van der Waals surface area contributed by atoms with E-state index in [1.807, 2.05) is 12.1 Å². The van der Waals surface area contributed by atoms with E-state index >= 15 is 0 Å². The van der Waals surface area contributed by atoms with E-state index in [1.54, 1.807) is 13.1 Å². The molecule has 1 aromatic rings. The first-order chi connectivity index (χ1) is 5.27. The lowest BCUT2D eigenvalue weighted by Gasteiger charge is -2.02. The van der Waals surface area contributed by atoms with Crippen molar-refractivity contribution in [2.45, 2.75) is 0 Å². The topological polar surface area (TPSA) is 16.4 Å². The highest BCUT2D eigenvalue weighted by Crippen LogP contribution is 2.27. The highest BCUT2D eigenvalue weighted by Gasteiger charge is 1.98. The lowest BCUT2D eigenvalue weighted by molar-refractivity contribution is 1.51. The van der Waals surface area contributed by atoms with Crippen LogP contribution in [0.3, 0.4) is 0 Å². The summed E-state index contributed by atoms with van der Waals surface area (Å²) in [6.07, 6.45) is 0. The second kappa shape index (κ2) is 3.40. The highest BCUT2D eigenvalue weighted by molar-refractivity contribution is 9.10. The SMILES string of the molecule is [C-]#[N+]c1ccc(Br)cc1NC. The Bertz CT molecular complexity index is 301. The largest absolute Gasteiger partial charge is 0.397 e. The van der Waals surface area contributed by atoms with Crippen LogP contribution >= 0.6 is 15.9 Å². The van der Waals surface area contributed by atoms with E-state index in [-0.39, 0.29) is 0 Å². The summed E-state index contributed by atoms with van der Waals surface area (Å²) in [5.74, 6) is 0. The van der Waals surface area contributed by atoms with Gasteiger partial charge in [-0.2, -0.15) is 0 Å². The molecule has 0 saturated carbocycles. The summed E-state index contributed by atoms with van der Waals surface area (Å²) >= 11 is 3.32. The van der Waals surface area contributed by atoms with Crippen molar-refractivity contribution in [2.24, 2.45) is 0 Å². The molecule has 1 rings (SSSR count). The molecule has 0 spiro atoms. The number of hydrogen-bond donors (Lipinski definition) is 1. The van der Waals surface area contributed by atoms with Crippen LogP contribution in [0.25, 0.3) is 4.85 Å². The number of nitrogens with one attached hydrogen (secondary N) is 1. The van der Waals surface area contributed by atoms with Gasteiger partial charge in [-0.15, -0.1) is 0 Å². The van der Waals surface area contributed by atoms with Crippen molar-refractivity contribution in [3.63, 3.8) is 0 Å². The van der Waals surface area contributed by atoms with Gasteiger partial charge >= 0.3 is 0 Å². The van der Waals surface area contributed by atoms with Crippen molar-refractivity contribution in [1.82, 2.24) is 0 Å². The van der Waals surface area contributed by atoms with E-state index in [1.165, 1.54) is 0 Å². The predicted molar refractivity (Wildman–Crippen MR) is 50.0 cm³/mol. The Kier molecular flexibility index (Phi) is 2.50. The van der Waals surface area contributed by atoms with Crippen molar-refractivity contribution < 1.29 is 0 Å². The zero-order valence-corrected chi connectivity index (χ0v) is 7.64. The van der Waals surface area contributed by atoms with Gasteiger partial charge < -0.3 is 5.32 Å². The standard InChI is InChI=1S/C8H7BrN2/c1-10-7-4-3-6(9)5-8(7)11-2/h3-5,11H,2H3. The van der Waals surface area contributed by atoms with Crippen LogP contribution in [-0.4, -0.2) is 7.05 Å². The molecule has 0 heterocycles. The molecule has 0 saturated heterocycles. The first-order valence-electron chi connectivity index (χ1n) is 3.12. The Labute approximate surface area is 74.2 Å². The Morgan fingerprint density at radius 2 is 2.27 bits per heavy atom. The molecule has 0 radical (unpaired) electrons. The van der Waals surface area contributed by atoms with Gasteiger partial charge in [0.2, 0.25) is 5.69 Å². The van der Waals surface area contributed by atoms with Gasteiger partial charge in [-0.05, 0) is 6.07 Å². The molecule has 0 aromatic heterocycles. The summed E-state index contributed by atoms with van der Waals surface area (Å²) in [6.45, 7) is 6.83. The van der Waals surface area contributed by atoms with Crippen molar-refractivity contribution in [1.29, 1.82) is 0 Å². The number of anilines is 1. The molecule has 2 nitrogen and oxygen atoms in total. The Morgan fingerprint density at radius 3 is 2.82 bits per heavy atom. The number of nitrogens with zero attached hydrogens (tertiary/aromatic N) is 1. The molecule has 0 amide bonds. The molecule has 0 fully saturated rings. The van der Waals surface area contributed by atoms with Gasteiger partial charge in [-0.25, -0.2) is 4.85 Å². The average Bonchev–Trinajstić information content (AvgIpc) is 2.04. The molecule has 0 aliphatic carbocycles. The van der Waals surface area contributed by atoms with Crippen LogP contribution in [0.15, 0.2) is 22.7 Å². The molecular weight excluding hydrogens is 204 g/mol. The number of halogens is 1. The lowest BCUT2D eigenvalue weighted by atomic mass is 10.3. The lowest BCUT2D eigenvalue weighted by Crippen LogP contribution is -1.86. The van der Waals surface area contributed by atoms with E-state index in [2.05, 4.69) is 26.1 Å². The second-order valence-electron chi connectivity index (χ2n) is 2.02. The molecule has 0 aliphatic rings. The van der Waals surface area contributed by atoms with Crippen LogP contribution in [0.1, 0.15) is 0 Å². The van der Waals surface area contributed by atoms with E-state index < -0.39 is 0 Å². The van der Waals surface area contributed by atoms with Crippen LogP contribution in [0.4, 0.5) is 11.4 Å². The van der Waals surface area contributed by atoms with Gasteiger partial charge in [0.15, 0.2) is 0 Å². The minimum atomic E-state index is 0.649. The van der Waals surface area contributed by atoms with Crippen LogP contribution in [0.2, 0.25) is 0 Å². The van der Waals surface area contributed by atoms with Crippen molar-refractivity contribution >= 4 is 27.3 Å². The van der Waals surface area contributed by atoms with Gasteiger partial charge in [0.05, 0.1) is 6.57 Å². The number of rotatable bonds is 1. The number of hydrogen-bond acceptors (Lipinski definition) is 1. The highest BCUT2D eigenvalue weighted by atomic mass is 79.9. The Morgan fingerprint density at radius 1 is 1.55 bits per heavy atom. The summed E-state index contributed by atoms with van der Waals surface area (Å²) in [5.41, 5.74) is 1.50. The maximum Gasteiger partial charge on any atom is 0.209 e. The zero-order valence-electron chi connectivity index (χ0n) is 6.06. The molecule has 0 atom stereocenters. The molecule has 3 heteroatoms. The monoisotopic (exact) mass is 210 g/mol. The molecule has 0 unspecified atom stereocenters. The van der Waals surface area contributed by atoms with Crippen LogP contribution in [0, 0.1) is 6.57 Å². The van der Waals surface area contributed by atoms with Gasteiger partial charge in [0.25, 0.3) is 0 Å². The van der Waals surface area contributed by atoms with Crippen LogP contribution in [-0.2, 0) is 0 Å². The maximum atomic E-state index is 6.83. The van der Waals surface area contributed by atoms with Gasteiger partial charge in [0.1, 0.15) is 0 Å². The smallest absolute Gasteiger partial charge is 0.209 e. The molecule has 1 aromatic carbocycles. The second-order valence-corrected chi connectivity index (χ2v) is 2.94. The van der Waals surface area contributed by atoms with Gasteiger partial charge in [-0.3, -0.25) is 0 Å². The van der Waals surface area contributed by atoms with Crippen LogP contribution < -0.4 is 5.32 Å². The first kappa shape index (κ1) is 8.09. The molecule has 0 aliphatic heterocycles. The summed E-state index contributed by atoms with van der Waals surface area (Å²) in [7, 11) is 1.80. The molecule has 0 bridgehead atoms. The Balaban J connectivity index is 3.19. The predicted octanol–water partition coefficient (Wildman–Crippen LogP) is 3.04. The average molecular weight is 211 g/mol. The van der Waals surface area contributed by atoms with Gasteiger partial charge in [0, 0.05) is 17.2 Å². The summed E-state index contributed by atoms with van der Waals surface area (Å²) in [5, 5.41) is 2.94. The molecule has 1 N–H and O–H groups in total. The van der Waals surface area contributed by atoms with Gasteiger partial charge in [-0.1, -0.05) is 28.1 Å². The van der Waals surface area contributed by atoms with Crippen molar-refractivity contribution in [2.75, 3.05) is 12.4 Å². The van der Waals surface area contributed by atoms with Crippen molar-refractivity contribution in [3.8, 4) is 0 Å². The maximum absolute atomic E-state index is 6.83. The molecular formula is C8H7BrN2. The third-order valence-corrected chi connectivity index (χ3v) is 1.84. The fraction of sp³-hybridized carbons (Fsp3) is 0.125. The minimum absolute atomic E-state index is 0.649. The van der Waals surface area contributed by atoms with E-state index in [9.17, 15) is 0 Å². The quantitative estimate of drug-likeness (QED) is 0.706.